The number of aryl methyl sites for hydroxylation is 1. The number of hydrogen-bond acceptors (Lipinski definition) is 10. The summed E-state index contributed by atoms with van der Waals surface area (Å²) < 4.78 is 9.41. The highest BCUT2D eigenvalue weighted by atomic mass is 16.5. The minimum Gasteiger partial charge on any atom is -0.453 e. The van der Waals surface area contributed by atoms with E-state index in [-0.39, 0.29) is 29.7 Å². The number of methoxy groups -OCH3 is 2. The molecule has 6 aromatic rings. The fourth-order valence-electron chi connectivity index (χ4n) is 7.72. The molecule has 3 atom stereocenters. The number of benzene rings is 2. The Balaban J connectivity index is 0.991. The number of H-pyrrole nitrogens is 2. The third-order valence-corrected chi connectivity index (χ3v) is 11.0. The summed E-state index contributed by atoms with van der Waals surface area (Å²) in [4.78, 5) is 77.3. The lowest BCUT2D eigenvalue weighted by molar-refractivity contribution is -0.135. The quantitative estimate of drug-likeness (QED) is 0.0746. The summed E-state index contributed by atoms with van der Waals surface area (Å²) in [6.45, 7) is 8.59. The number of aromatic amines is 2. The largest absolute Gasteiger partial charge is 0.453 e. The van der Waals surface area contributed by atoms with E-state index in [9.17, 15) is 19.2 Å². The Morgan fingerprint density at radius 1 is 0.750 bits per heavy atom. The number of rotatable bonds is 14. The number of pyridine rings is 2. The van der Waals surface area contributed by atoms with Gasteiger partial charge in [0.2, 0.25) is 11.8 Å². The number of imidazole rings is 2. The van der Waals surface area contributed by atoms with E-state index in [0.29, 0.717) is 36.6 Å². The molecule has 1 aliphatic rings. The number of alkyl carbamates (subject to hydrolysis) is 2. The van der Waals surface area contributed by atoms with Crippen LogP contribution in [-0.4, -0.2) is 98.2 Å². The zero-order valence-corrected chi connectivity index (χ0v) is 34.8. The highest BCUT2D eigenvalue weighted by Gasteiger charge is 2.37. The molecule has 16 heteroatoms. The summed E-state index contributed by atoms with van der Waals surface area (Å²) in [5.74, 6) is 0.921. The standard InChI is InChI=1S/C44H52N10O6/c1-24(2)36(51-43(57)59-5)41(55)45-16-8-7-11-35-48-32-20-30(22-46-38(32)50-35)28-14-12-27-19-29(15-13-26(27)18-28)31-21-33-39(47-23-31)53-40(49-33)34-10-9-17-54(34)42(56)37(25(3)4)52-44(58)60-6/h12-15,18-25,34,36-37H,7-11,16-17H2,1-6H3,(H,45,55)(H,51,57)(H,52,58)(H,46,48,50)(H,47,49,53)/t34-,36-,37-/m0/s1. The van der Waals surface area contributed by atoms with E-state index in [4.69, 9.17) is 9.72 Å². The number of carbonyl (C=O) groups excluding carboxylic acids is 4. The molecule has 1 fully saturated rings. The van der Waals surface area contributed by atoms with Gasteiger partial charge >= 0.3 is 12.2 Å². The second kappa shape index (κ2) is 18.1. The molecule has 0 spiro atoms. The minimum absolute atomic E-state index is 0.0796. The summed E-state index contributed by atoms with van der Waals surface area (Å²) in [5.41, 5.74) is 6.82. The van der Waals surface area contributed by atoms with Gasteiger partial charge in [0.25, 0.3) is 0 Å². The number of likely N-dealkylation sites (tertiary alicyclic amines) is 1. The van der Waals surface area contributed by atoms with Gasteiger partial charge in [0.1, 0.15) is 23.7 Å². The van der Waals surface area contributed by atoms with Crippen LogP contribution in [0.2, 0.25) is 0 Å². The Kier molecular flexibility index (Phi) is 12.6. The zero-order chi connectivity index (χ0) is 42.5. The predicted molar refractivity (Wildman–Crippen MR) is 228 cm³/mol. The molecule has 0 aliphatic carbocycles. The van der Waals surface area contributed by atoms with Crippen LogP contribution in [-0.2, 0) is 25.5 Å². The molecule has 5 heterocycles. The second-order valence-electron chi connectivity index (χ2n) is 15.9. The van der Waals surface area contributed by atoms with Gasteiger partial charge in [0.15, 0.2) is 11.3 Å². The fourth-order valence-corrected chi connectivity index (χ4v) is 7.72. The van der Waals surface area contributed by atoms with E-state index in [0.717, 1.165) is 75.6 Å². The number of hydrogen-bond donors (Lipinski definition) is 5. The molecule has 0 unspecified atom stereocenters. The van der Waals surface area contributed by atoms with Gasteiger partial charge in [-0.05, 0) is 83.7 Å². The molecule has 1 saturated heterocycles. The number of unbranched alkanes of at least 4 members (excludes halogenated alkanes) is 1. The average molecular weight is 817 g/mol. The summed E-state index contributed by atoms with van der Waals surface area (Å²) in [6.07, 6.45) is 6.24. The highest BCUT2D eigenvalue weighted by molar-refractivity contribution is 5.92. The Labute approximate surface area is 347 Å². The van der Waals surface area contributed by atoms with E-state index in [1.54, 1.807) is 4.90 Å². The van der Waals surface area contributed by atoms with E-state index in [1.165, 1.54) is 14.2 Å². The molecule has 0 radical (unpaired) electrons. The number of nitrogens with one attached hydrogen (secondary N) is 5. The lowest BCUT2D eigenvalue weighted by atomic mass is 9.99. The van der Waals surface area contributed by atoms with Crippen LogP contribution in [0.1, 0.15) is 71.1 Å². The summed E-state index contributed by atoms with van der Waals surface area (Å²) in [7, 11) is 2.56. The Bertz CT molecular complexity index is 2530. The normalized spacial score (nSPS) is 15.1. The van der Waals surface area contributed by atoms with Crippen molar-refractivity contribution >= 4 is 57.1 Å². The summed E-state index contributed by atoms with van der Waals surface area (Å²) in [6, 6.07) is 15.2. The van der Waals surface area contributed by atoms with Crippen LogP contribution in [0.25, 0.3) is 55.4 Å². The van der Waals surface area contributed by atoms with Crippen molar-refractivity contribution in [1.82, 2.24) is 50.8 Å². The van der Waals surface area contributed by atoms with Gasteiger partial charge in [-0.25, -0.2) is 29.5 Å². The maximum absolute atomic E-state index is 13.6. The molecule has 7 rings (SSSR count). The molecule has 314 valence electrons. The van der Waals surface area contributed by atoms with Crippen LogP contribution in [0.5, 0.6) is 0 Å². The van der Waals surface area contributed by atoms with E-state index >= 15 is 0 Å². The SMILES string of the molecule is COC(=O)N[C@H](C(=O)NCCCCc1nc2ncc(-c3ccc4cc(-c5cnc6nc([C@@H]7CCCN7C(=O)[C@@H](NC(=O)OC)C(C)C)[nH]c6c5)ccc4c3)cc2[nH]1)C(C)C. The number of fused-ring (bicyclic) bond motifs is 3. The molecule has 0 saturated carbocycles. The first kappa shape index (κ1) is 41.6. The molecule has 16 nitrogen and oxygen atoms in total. The van der Waals surface area contributed by atoms with Crippen molar-refractivity contribution in [3.63, 3.8) is 0 Å². The molecular weight excluding hydrogens is 765 g/mol. The number of amides is 4. The van der Waals surface area contributed by atoms with Crippen LogP contribution in [0.15, 0.2) is 60.9 Å². The maximum atomic E-state index is 13.6. The van der Waals surface area contributed by atoms with Crippen LogP contribution in [0.3, 0.4) is 0 Å². The van der Waals surface area contributed by atoms with Crippen LogP contribution in [0.4, 0.5) is 9.59 Å². The number of aromatic nitrogens is 6. The fraction of sp³-hybridized carbons (Fsp3) is 0.409. The molecular formula is C44H52N10O6. The van der Waals surface area contributed by atoms with Gasteiger partial charge < -0.3 is 40.3 Å². The highest BCUT2D eigenvalue weighted by Crippen LogP contribution is 2.34. The zero-order valence-electron chi connectivity index (χ0n) is 34.8. The van der Waals surface area contributed by atoms with Crippen molar-refractivity contribution < 1.29 is 28.7 Å². The van der Waals surface area contributed by atoms with Crippen molar-refractivity contribution in [3.8, 4) is 22.3 Å². The number of ether oxygens (including phenoxy) is 2. The lowest BCUT2D eigenvalue weighted by Gasteiger charge is -2.29. The predicted octanol–water partition coefficient (Wildman–Crippen LogP) is 6.58. The molecule has 4 amide bonds. The van der Waals surface area contributed by atoms with Gasteiger partial charge in [-0.1, -0.05) is 52.0 Å². The van der Waals surface area contributed by atoms with E-state index < -0.39 is 24.3 Å². The topological polar surface area (TPSA) is 209 Å². The van der Waals surface area contributed by atoms with E-state index in [2.05, 4.69) is 88.1 Å². The third-order valence-electron chi connectivity index (χ3n) is 11.0. The Hall–Kier alpha value is -6.58. The number of nitrogens with zero attached hydrogens (tertiary/aromatic N) is 5. The maximum Gasteiger partial charge on any atom is 0.407 e. The summed E-state index contributed by atoms with van der Waals surface area (Å²) >= 11 is 0. The average Bonchev–Trinajstić information content (AvgIpc) is 4.01. The Morgan fingerprint density at radius 3 is 1.93 bits per heavy atom. The monoisotopic (exact) mass is 816 g/mol. The van der Waals surface area contributed by atoms with Crippen molar-refractivity contribution in [2.75, 3.05) is 27.3 Å². The van der Waals surface area contributed by atoms with Crippen molar-refractivity contribution in [2.24, 2.45) is 11.8 Å². The van der Waals surface area contributed by atoms with Crippen molar-refractivity contribution in [2.45, 2.75) is 77.9 Å². The van der Waals surface area contributed by atoms with Gasteiger partial charge in [-0.2, -0.15) is 0 Å². The first-order valence-corrected chi connectivity index (χ1v) is 20.4. The molecule has 1 aliphatic heterocycles. The smallest absolute Gasteiger partial charge is 0.407 e. The van der Waals surface area contributed by atoms with Crippen molar-refractivity contribution in [1.29, 1.82) is 0 Å². The minimum atomic E-state index is -0.706. The first-order chi connectivity index (χ1) is 28.9. The van der Waals surface area contributed by atoms with Crippen LogP contribution >= 0.6 is 0 Å². The Morgan fingerprint density at radius 2 is 1.33 bits per heavy atom. The molecule has 60 heavy (non-hydrogen) atoms. The molecule has 5 N–H and O–H groups in total. The first-order valence-electron chi connectivity index (χ1n) is 20.4. The molecule has 2 aromatic carbocycles. The van der Waals surface area contributed by atoms with Crippen LogP contribution in [0, 0.1) is 11.8 Å². The van der Waals surface area contributed by atoms with Gasteiger partial charge in [0.05, 0.1) is 31.3 Å². The summed E-state index contributed by atoms with van der Waals surface area (Å²) in [5, 5.41) is 10.4. The number of carbonyl (C=O) groups is 4. The van der Waals surface area contributed by atoms with Crippen molar-refractivity contribution in [3.05, 3.63) is 72.6 Å². The van der Waals surface area contributed by atoms with E-state index in [1.807, 2.05) is 46.2 Å². The van der Waals surface area contributed by atoms with Gasteiger partial charge in [-0.3, -0.25) is 9.59 Å². The van der Waals surface area contributed by atoms with Gasteiger partial charge in [0, 0.05) is 43.0 Å². The molecule has 4 aromatic heterocycles. The molecule has 0 bridgehead atoms. The van der Waals surface area contributed by atoms with Gasteiger partial charge in [-0.15, -0.1) is 0 Å². The lowest BCUT2D eigenvalue weighted by Crippen LogP contribution is -2.51. The van der Waals surface area contributed by atoms with Crippen LogP contribution < -0.4 is 16.0 Å². The third kappa shape index (κ3) is 9.17. The second-order valence-corrected chi connectivity index (χ2v) is 15.9.